The molecular weight excluding hydrogens is 482 g/mol. The van der Waals surface area contributed by atoms with Gasteiger partial charge in [-0.3, -0.25) is 14.9 Å². The number of pyridine rings is 2. The van der Waals surface area contributed by atoms with Gasteiger partial charge in [-0.25, -0.2) is 9.50 Å². The quantitative estimate of drug-likeness (QED) is 0.400. The summed E-state index contributed by atoms with van der Waals surface area (Å²) in [7, 11) is 5.49. The van der Waals surface area contributed by atoms with Crippen LogP contribution in [0.4, 0.5) is 5.69 Å². The molecule has 4 aromatic heterocycles. The molecule has 0 atom stereocenters. The van der Waals surface area contributed by atoms with Crippen LogP contribution in [0.2, 0.25) is 0 Å². The monoisotopic (exact) mass is 515 g/mol. The predicted molar refractivity (Wildman–Crippen MR) is 144 cm³/mol. The number of carbonyl (C=O) groups is 1. The third-order valence-electron chi connectivity index (χ3n) is 7.49. The maximum atomic E-state index is 12.3. The Hall–Kier alpha value is -3.99. The summed E-state index contributed by atoms with van der Waals surface area (Å²) in [4.78, 5) is 27.6. The topological polar surface area (TPSA) is 108 Å². The summed E-state index contributed by atoms with van der Waals surface area (Å²) in [6, 6.07) is 6.12. The fourth-order valence-corrected chi connectivity index (χ4v) is 5.68. The third kappa shape index (κ3) is 4.07. The first kappa shape index (κ1) is 24.4. The van der Waals surface area contributed by atoms with Gasteiger partial charge in [0.15, 0.2) is 11.4 Å². The highest BCUT2D eigenvalue weighted by Crippen LogP contribution is 2.42. The number of hydrogen-bond donors (Lipinski definition) is 1. The van der Waals surface area contributed by atoms with E-state index in [2.05, 4.69) is 51.2 Å². The standard InChI is InChI=1S/C27H33N9O2/c1-17(2)23-24(18-8-21(38-5)26-29-16-30-36(26)10-18)31-32-25(23)20-7-6-19(9-28-20)34-12-27(13-34)14-35(15-27)22(37)11-33(3)4/h6-10,16-17H,11-15H2,1-5H3,(H,31,32). The number of nitrogens with one attached hydrogen (secondary N) is 1. The van der Waals surface area contributed by atoms with Crippen molar-refractivity contribution in [1.29, 1.82) is 0 Å². The van der Waals surface area contributed by atoms with Crippen LogP contribution in [-0.2, 0) is 4.79 Å². The maximum absolute atomic E-state index is 12.3. The molecule has 0 unspecified atom stereocenters. The van der Waals surface area contributed by atoms with Crippen LogP contribution in [0.5, 0.6) is 5.75 Å². The third-order valence-corrected chi connectivity index (χ3v) is 7.49. The zero-order valence-electron chi connectivity index (χ0n) is 22.5. The van der Waals surface area contributed by atoms with Gasteiger partial charge in [-0.2, -0.15) is 10.2 Å². The number of anilines is 1. The van der Waals surface area contributed by atoms with Crippen LogP contribution < -0.4 is 9.64 Å². The minimum atomic E-state index is 0.213. The lowest BCUT2D eigenvalue weighted by Gasteiger charge is -2.61. The molecule has 2 fully saturated rings. The Morgan fingerprint density at radius 2 is 1.97 bits per heavy atom. The SMILES string of the molecule is COc1cc(-c2n[nH]c(-c3ccc(N4CC5(CN(C(=O)CN(C)C)C5)C4)cn3)c2C(C)C)cn2ncnc12. The van der Waals surface area contributed by atoms with Crippen molar-refractivity contribution in [2.75, 3.05) is 58.8 Å². The number of likely N-dealkylation sites (N-methyl/N-ethyl adjacent to an activating group) is 1. The van der Waals surface area contributed by atoms with Crippen LogP contribution in [0.3, 0.4) is 0 Å². The molecule has 0 aliphatic carbocycles. The van der Waals surface area contributed by atoms with Crippen LogP contribution in [0.25, 0.3) is 28.3 Å². The Kier molecular flexibility index (Phi) is 5.82. The Bertz CT molecular complexity index is 1470. The summed E-state index contributed by atoms with van der Waals surface area (Å²) in [6.07, 6.45) is 5.37. The van der Waals surface area contributed by atoms with E-state index in [9.17, 15) is 4.79 Å². The van der Waals surface area contributed by atoms with Crippen LogP contribution in [0, 0.1) is 5.41 Å². The molecule has 1 N–H and O–H groups in total. The van der Waals surface area contributed by atoms with E-state index in [-0.39, 0.29) is 17.2 Å². The normalized spacial score (nSPS) is 16.4. The van der Waals surface area contributed by atoms with Gasteiger partial charge in [0.2, 0.25) is 5.91 Å². The zero-order chi connectivity index (χ0) is 26.6. The number of aromatic nitrogens is 6. The number of likely N-dealkylation sites (tertiary alicyclic amines) is 1. The number of aromatic amines is 1. The first-order valence-corrected chi connectivity index (χ1v) is 12.9. The minimum Gasteiger partial charge on any atom is -0.493 e. The summed E-state index contributed by atoms with van der Waals surface area (Å²) < 4.78 is 7.26. The van der Waals surface area contributed by atoms with Crippen molar-refractivity contribution in [1.82, 2.24) is 39.6 Å². The molecule has 38 heavy (non-hydrogen) atoms. The number of hydrogen-bond acceptors (Lipinski definition) is 8. The predicted octanol–water partition coefficient (Wildman–Crippen LogP) is 2.52. The van der Waals surface area contributed by atoms with Crippen molar-refractivity contribution in [2.45, 2.75) is 19.8 Å². The van der Waals surface area contributed by atoms with E-state index in [0.717, 1.165) is 60.1 Å². The van der Waals surface area contributed by atoms with Crippen molar-refractivity contribution in [3.05, 3.63) is 42.5 Å². The van der Waals surface area contributed by atoms with E-state index in [1.807, 2.05) is 42.4 Å². The molecule has 6 rings (SSSR count). The van der Waals surface area contributed by atoms with Crippen molar-refractivity contribution >= 4 is 17.2 Å². The molecule has 6 heterocycles. The van der Waals surface area contributed by atoms with Crippen LogP contribution in [-0.4, -0.2) is 99.4 Å². The number of H-pyrrole nitrogens is 1. The average molecular weight is 516 g/mol. The van der Waals surface area contributed by atoms with E-state index in [4.69, 9.17) is 9.72 Å². The van der Waals surface area contributed by atoms with Gasteiger partial charge in [0.05, 0.1) is 42.6 Å². The molecule has 0 aromatic carbocycles. The Morgan fingerprint density at radius 1 is 1.18 bits per heavy atom. The van der Waals surface area contributed by atoms with Crippen molar-refractivity contribution in [3.63, 3.8) is 0 Å². The molecule has 1 amide bonds. The highest BCUT2D eigenvalue weighted by Gasteiger charge is 2.53. The van der Waals surface area contributed by atoms with Crippen LogP contribution in [0.1, 0.15) is 25.3 Å². The average Bonchev–Trinajstić information content (AvgIpc) is 3.49. The first-order chi connectivity index (χ1) is 18.3. The fraction of sp³-hybridized carbons (Fsp3) is 0.444. The Balaban J connectivity index is 1.19. The zero-order valence-corrected chi connectivity index (χ0v) is 22.5. The summed E-state index contributed by atoms with van der Waals surface area (Å²) in [5.74, 6) is 1.07. The molecule has 11 nitrogen and oxygen atoms in total. The molecule has 2 aliphatic rings. The van der Waals surface area contributed by atoms with Crippen molar-refractivity contribution in [2.24, 2.45) is 5.41 Å². The highest BCUT2D eigenvalue weighted by atomic mass is 16.5. The summed E-state index contributed by atoms with van der Waals surface area (Å²) in [6.45, 7) is 8.39. The van der Waals surface area contributed by atoms with Crippen molar-refractivity contribution < 1.29 is 9.53 Å². The molecule has 0 saturated carbocycles. The maximum Gasteiger partial charge on any atom is 0.236 e. The largest absolute Gasteiger partial charge is 0.493 e. The summed E-state index contributed by atoms with van der Waals surface area (Å²) in [5.41, 5.74) is 6.59. The Labute approximate surface area is 221 Å². The molecule has 11 heteroatoms. The number of rotatable bonds is 7. The smallest absolute Gasteiger partial charge is 0.236 e. The second kappa shape index (κ2) is 9.09. The number of methoxy groups -OCH3 is 1. The molecule has 1 spiro atoms. The molecule has 198 valence electrons. The molecule has 2 aliphatic heterocycles. The first-order valence-electron chi connectivity index (χ1n) is 12.9. The van der Waals surface area contributed by atoms with Gasteiger partial charge in [0.1, 0.15) is 6.33 Å². The second-order valence-corrected chi connectivity index (χ2v) is 11.1. The van der Waals surface area contributed by atoms with Gasteiger partial charge >= 0.3 is 0 Å². The molecule has 0 radical (unpaired) electrons. The van der Waals surface area contributed by atoms with Crippen LogP contribution in [0.15, 0.2) is 36.9 Å². The van der Waals surface area contributed by atoms with E-state index in [1.165, 1.54) is 6.33 Å². The van der Waals surface area contributed by atoms with Gasteiger partial charge in [-0.05, 0) is 38.2 Å². The van der Waals surface area contributed by atoms with Crippen molar-refractivity contribution in [3.8, 4) is 28.4 Å². The lowest BCUT2D eigenvalue weighted by Crippen LogP contribution is -2.73. The number of nitrogens with zero attached hydrogens (tertiary/aromatic N) is 8. The fourth-order valence-electron chi connectivity index (χ4n) is 5.68. The second-order valence-electron chi connectivity index (χ2n) is 11.1. The summed E-state index contributed by atoms with van der Waals surface area (Å²) >= 11 is 0. The van der Waals surface area contributed by atoms with E-state index >= 15 is 0 Å². The van der Waals surface area contributed by atoms with Gasteiger partial charge in [0, 0.05) is 48.9 Å². The van der Waals surface area contributed by atoms with E-state index < -0.39 is 0 Å². The van der Waals surface area contributed by atoms with Gasteiger partial charge < -0.3 is 19.4 Å². The molecule has 2 saturated heterocycles. The number of amides is 1. The number of fused-ring (bicyclic) bond motifs is 1. The van der Waals surface area contributed by atoms with E-state index in [0.29, 0.717) is 17.9 Å². The molecule has 4 aromatic rings. The molecule has 0 bridgehead atoms. The van der Waals surface area contributed by atoms with Gasteiger partial charge in [-0.15, -0.1) is 0 Å². The highest BCUT2D eigenvalue weighted by molar-refractivity contribution is 5.79. The number of carbonyl (C=O) groups excluding carboxylic acids is 1. The van der Waals surface area contributed by atoms with Gasteiger partial charge in [0.25, 0.3) is 0 Å². The Morgan fingerprint density at radius 3 is 2.63 bits per heavy atom. The summed E-state index contributed by atoms with van der Waals surface area (Å²) in [5, 5.41) is 12.2. The van der Waals surface area contributed by atoms with Gasteiger partial charge in [-0.1, -0.05) is 13.8 Å². The molecular formula is C27H33N9O2. The van der Waals surface area contributed by atoms with Crippen LogP contribution >= 0.6 is 0 Å². The number of ether oxygens (including phenoxy) is 1. The minimum absolute atomic E-state index is 0.213. The lowest BCUT2D eigenvalue weighted by molar-refractivity contribution is -0.145. The lowest BCUT2D eigenvalue weighted by atomic mass is 9.72. The van der Waals surface area contributed by atoms with E-state index in [1.54, 1.807) is 11.6 Å².